The molecule has 0 saturated carbocycles. The van der Waals surface area contributed by atoms with Gasteiger partial charge in [-0.15, -0.1) is 0 Å². The van der Waals surface area contributed by atoms with E-state index in [2.05, 4.69) is 4.90 Å². The van der Waals surface area contributed by atoms with E-state index in [0.29, 0.717) is 0 Å². The molecular formula is C13H18N2O2. The van der Waals surface area contributed by atoms with Crippen LogP contribution in [0.3, 0.4) is 0 Å². The predicted octanol–water partition coefficient (Wildman–Crippen LogP) is 0.660. The van der Waals surface area contributed by atoms with E-state index in [-0.39, 0.29) is 12.3 Å². The van der Waals surface area contributed by atoms with Crippen LogP contribution in [0.1, 0.15) is 15.9 Å². The van der Waals surface area contributed by atoms with E-state index in [1.165, 1.54) is 0 Å². The average Bonchev–Trinajstić information content (AvgIpc) is 2.40. The lowest BCUT2D eigenvalue weighted by molar-refractivity contribution is 0.0341. The van der Waals surface area contributed by atoms with Crippen LogP contribution >= 0.6 is 0 Å². The molecule has 92 valence electrons. The standard InChI is InChI=1S/C13H18N2O2/c14-9-13(16)12-4-2-1-3-11(12)10-15-5-7-17-8-6-15/h1-4H,5-10,14H2. The summed E-state index contributed by atoms with van der Waals surface area (Å²) < 4.78 is 5.31. The van der Waals surface area contributed by atoms with Crippen LogP contribution in [0.15, 0.2) is 24.3 Å². The van der Waals surface area contributed by atoms with E-state index in [1.54, 1.807) is 0 Å². The fourth-order valence-electron chi connectivity index (χ4n) is 2.04. The van der Waals surface area contributed by atoms with Crippen LogP contribution < -0.4 is 5.73 Å². The second-order valence-corrected chi connectivity index (χ2v) is 4.17. The summed E-state index contributed by atoms with van der Waals surface area (Å²) >= 11 is 0. The molecule has 2 N–H and O–H groups in total. The molecule has 0 aromatic heterocycles. The molecule has 4 heteroatoms. The van der Waals surface area contributed by atoms with Crippen molar-refractivity contribution in [3.8, 4) is 0 Å². The van der Waals surface area contributed by atoms with Crippen molar-refractivity contribution in [2.45, 2.75) is 6.54 Å². The van der Waals surface area contributed by atoms with Gasteiger partial charge < -0.3 is 10.5 Å². The van der Waals surface area contributed by atoms with Gasteiger partial charge in [-0.2, -0.15) is 0 Å². The molecule has 0 aliphatic carbocycles. The van der Waals surface area contributed by atoms with E-state index in [4.69, 9.17) is 10.5 Å². The highest BCUT2D eigenvalue weighted by molar-refractivity contribution is 5.98. The molecule has 1 aromatic carbocycles. The highest BCUT2D eigenvalue weighted by Gasteiger charge is 2.14. The number of Topliss-reactive ketones (excluding diaryl/α,β-unsaturated/α-hetero) is 1. The van der Waals surface area contributed by atoms with Gasteiger partial charge >= 0.3 is 0 Å². The molecule has 1 aliphatic rings. The van der Waals surface area contributed by atoms with Gasteiger partial charge in [0.25, 0.3) is 0 Å². The SMILES string of the molecule is NCC(=O)c1ccccc1CN1CCOCC1. The number of morpholine rings is 1. The number of carbonyl (C=O) groups excluding carboxylic acids is 1. The summed E-state index contributed by atoms with van der Waals surface area (Å²) in [5, 5.41) is 0. The maximum atomic E-state index is 11.7. The van der Waals surface area contributed by atoms with E-state index >= 15 is 0 Å². The van der Waals surface area contributed by atoms with E-state index in [1.807, 2.05) is 24.3 Å². The normalized spacial score (nSPS) is 17.0. The molecule has 1 heterocycles. The molecule has 0 radical (unpaired) electrons. The highest BCUT2D eigenvalue weighted by Crippen LogP contribution is 2.13. The first-order valence-electron chi connectivity index (χ1n) is 5.92. The third-order valence-electron chi connectivity index (χ3n) is 3.00. The Bertz CT molecular complexity index is 387. The predicted molar refractivity (Wildman–Crippen MR) is 65.9 cm³/mol. The molecular weight excluding hydrogens is 216 g/mol. The van der Waals surface area contributed by atoms with Crippen molar-refractivity contribution in [2.24, 2.45) is 5.73 Å². The van der Waals surface area contributed by atoms with Gasteiger partial charge in [-0.25, -0.2) is 0 Å². The number of hydrogen-bond donors (Lipinski definition) is 1. The molecule has 0 amide bonds. The lowest BCUT2D eigenvalue weighted by atomic mass is 10.0. The van der Waals surface area contributed by atoms with Crippen molar-refractivity contribution in [3.05, 3.63) is 35.4 Å². The van der Waals surface area contributed by atoms with Crippen LogP contribution in [0.25, 0.3) is 0 Å². The Morgan fingerprint density at radius 2 is 2.00 bits per heavy atom. The van der Waals surface area contributed by atoms with Gasteiger partial charge in [-0.05, 0) is 5.56 Å². The Hall–Kier alpha value is -1.23. The molecule has 0 atom stereocenters. The number of hydrogen-bond acceptors (Lipinski definition) is 4. The molecule has 1 aromatic rings. The summed E-state index contributed by atoms with van der Waals surface area (Å²) in [5.74, 6) is 0.00820. The van der Waals surface area contributed by atoms with Crippen LogP contribution in [-0.4, -0.2) is 43.5 Å². The zero-order valence-corrected chi connectivity index (χ0v) is 9.89. The second-order valence-electron chi connectivity index (χ2n) is 4.17. The second kappa shape index (κ2) is 5.91. The Morgan fingerprint density at radius 1 is 1.29 bits per heavy atom. The molecule has 2 rings (SSSR count). The van der Waals surface area contributed by atoms with Gasteiger partial charge in [-0.3, -0.25) is 9.69 Å². The molecule has 17 heavy (non-hydrogen) atoms. The molecule has 1 fully saturated rings. The van der Waals surface area contributed by atoms with Crippen molar-refractivity contribution < 1.29 is 9.53 Å². The number of benzene rings is 1. The Labute approximate surface area is 101 Å². The lowest BCUT2D eigenvalue weighted by Gasteiger charge is -2.27. The first kappa shape index (κ1) is 12.2. The summed E-state index contributed by atoms with van der Waals surface area (Å²) in [6.45, 7) is 4.25. The van der Waals surface area contributed by atoms with Crippen molar-refractivity contribution in [3.63, 3.8) is 0 Å². The first-order valence-corrected chi connectivity index (χ1v) is 5.92. The van der Waals surface area contributed by atoms with Crippen LogP contribution in [-0.2, 0) is 11.3 Å². The Balaban J connectivity index is 2.11. The van der Waals surface area contributed by atoms with Gasteiger partial charge in [0, 0.05) is 25.2 Å². The zero-order chi connectivity index (χ0) is 12.1. The number of rotatable bonds is 4. The number of ether oxygens (including phenoxy) is 1. The van der Waals surface area contributed by atoms with Crippen LogP contribution in [0.4, 0.5) is 0 Å². The minimum absolute atomic E-state index is 0.00820. The van der Waals surface area contributed by atoms with E-state index in [9.17, 15) is 4.79 Å². The smallest absolute Gasteiger partial charge is 0.176 e. The van der Waals surface area contributed by atoms with Crippen LogP contribution in [0.2, 0.25) is 0 Å². The van der Waals surface area contributed by atoms with E-state index < -0.39 is 0 Å². The fraction of sp³-hybridized carbons (Fsp3) is 0.462. The molecule has 4 nitrogen and oxygen atoms in total. The third kappa shape index (κ3) is 3.12. The van der Waals surface area contributed by atoms with Crippen molar-refractivity contribution in [1.82, 2.24) is 4.90 Å². The maximum absolute atomic E-state index is 11.7. The van der Waals surface area contributed by atoms with Crippen molar-refractivity contribution >= 4 is 5.78 Å². The Morgan fingerprint density at radius 3 is 2.71 bits per heavy atom. The zero-order valence-electron chi connectivity index (χ0n) is 9.89. The maximum Gasteiger partial charge on any atom is 0.176 e. The van der Waals surface area contributed by atoms with Gasteiger partial charge in [0.1, 0.15) is 0 Å². The van der Waals surface area contributed by atoms with Crippen LogP contribution in [0.5, 0.6) is 0 Å². The van der Waals surface area contributed by atoms with Gasteiger partial charge in [0.05, 0.1) is 19.8 Å². The van der Waals surface area contributed by atoms with Crippen LogP contribution in [0, 0.1) is 0 Å². The topological polar surface area (TPSA) is 55.6 Å². The minimum Gasteiger partial charge on any atom is -0.379 e. The molecule has 1 aliphatic heterocycles. The van der Waals surface area contributed by atoms with Crippen molar-refractivity contribution in [2.75, 3.05) is 32.8 Å². The van der Waals surface area contributed by atoms with Gasteiger partial charge in [-0.1, -0.05) is 24.3 Å². The minimum atomic E-state index is 0.00820. The highest BCUT2D eigenvalue weighted by atomic mass is 16.5. The molecule has 0 unspecified atom stereocenters. The number of nitrogens with zero attached hydrogens (tertiary/aromatic N) is 1. The largest absolute Gasteiger partial charge is 0.379 e. The Kier molecular flexibility index (Phi) is 4.25. The first-order chi connectivity index (χ1) is 8.31. The molecule has 0 spiro atoms. The van der Waals surface area contributed by atoms with Crippen molar-refractivity contribution in [1.29, 1.82) is 0 Å². The average molecular weight is 234 g/mol. The summed E-state index contributed by atoms with van der Waals surface area (Å²) in [6, 6.07) is 7.69. The summed E-state index contributed by atoms with van der Waals surface area (Å²) in [6.07, 6.45) is 0. The summed E-state index contributed by atoms with van der Waals surface area (Å²) in [5.41, 5.74) is 7.23. The lowest BCUT2D eigenvalue weighted by Crippen LogP contribution is -2.36. The monoisotopic (exact) mass is 234 g/mol. The fourth-order valence-corrected chi connectivity index (χ4v) is 2.04. The number of ketones is 1. The molecule has 0 bridgehead atoms. The number of nitrogens with two attached hydrogens (primary N) is 1. The van der Waals surface area contributed by atoms with Gasteiger partial charge in [0.15, 0.2) is 5.78 Å². The quantitative estimate of drug-likeness (QED) is 0.778. The van der Waals surface area contributed by atoms with E-state index in [0.717, 1.165) is 44.0 Å². The summed E-state index contributed by atoms with van der Waals surface area (Å²) in [7, 11) is 0. The third-order valence-corrected chi connectivity index (χ3v) is 3.00. The van der Waals surface area contributed by atoms with Gasteiger partial charge in [0.2, 0.25) is 0 Å². The number of carbonyl (C=O) groups is 1. The molecule has 1 saturated heterocycles. The summed E-state index contributed by atoms with van der Waals surface area (Å²) in [4.78, 5) is 14.0.